The molecule has 0 saturated heterocycles. The summed E-state index contributed by atoms with van der Waals surface area (Å²) in [5, 5.41) is 37.8. The SMILES string of the molecule is C1CCCCCCCCCCCCCCCC1.CCO.CCO.CCO.CCO.CCO. The number of aliphatic hydroxyl groups is 5. The molecule has 1 aliphatic carbocycles. The maximum absolute atomic E-state index is 7.57. The summed E-state index contributed by atoms with van der Waals surface area (Å²) in [5.74, 6) is 0. The van der Waals surface area contributed by atoms with Gasteiger partial charge in [-0.1, -0.05) is 109 Å². The summed E-state index contributed by atoms with van der Waals surface area (Å²) in [5.41, 5.74) is 0. The van der Waals surface area contributed by atoms with Crippen LogP contribution in [0.5, 0.6) is 0 Å². The quantitative estimate of drug-likeness (QED) is 0.275. The van der Waals surface area contributed by atoms with Crippen molar-refractivity contribution in [1.29, 1.82) is 0 Å². The monoisotopic (exact) mass is 468 g/mol. The van der Waals surface area contributed by atoms with Gasteiger partial charge >= 0.3 is 0 Å². The van der Waals surface area contributed by atoms with Crippen LogP contribution in [0.4, 0.5) is 0 Å². The second kappa shape index (κ2) is 57.6. The van der Waals surface area contributed by atoms with Gasteiger partial charge < -0.3 is 25.5 Å². The van der Waals surface area contributed by atoms with Gasteiger partial charge in [0, 0.05) is 33.0 Å². The maximum atomic E-state index is 7.57. The molecule has 0 bridgehead atoms. The molecular formula is C27H64O5. The molecule has 32 heavy (non-hydrogen) atoms. The van der Waals surface area contributed by atoms with E-state index in [1.54, 1.807) is 34.6 Å². The predicted molar refractivity (Wildman–Crippen MR) is 142 cm³/mol. The van der Waals surface area contributed by atoms with Crippen molar-refractivity contribution >= 4 is 0 Å². The molecule has 0 aromatic rings. The smallest absolute Gasteiger partial charge is 0.0402 e. The highest BCUT2D eigenvalue weighted by atomic mass is 16.3. The topological polar surface area (TPSA) is 101 Å². The van der Waals surface area contributed by atoms with Crippen LogP contribution in [0, 0.1) is 0 Å². The van der Waals surface area contributed by atoms with Gasteiger partial charge in [0.15, 0.2) is 0 Å². The molecule has 0 aromatic heterocycles. The maximum Gasteiger partial charge on any atom is 0.0402 e. The van der Waals surface area contributed by atoms with E-state index in [2.05, 4.69) is 0 Å². The molecule has 1 aliphatic rings. The van der Waals surface area contributed by atoms with Crippen molar-refractivity contribution in [2.24, 2.45) is 0 Å². The zero-order valence-electron chi connectivity index (χ0n) is 22.8. The molecule has 0 radical (unpaired) electrons. The predicted octanol–water partition coefficient (Wildman–Crippen LogP) is 6.62. The van der Waals surface area contributed by atoms with E-state index in [1.807, 2.05) is 0 Å². The minimum atomic E-state index is 0.250. The lowest BCUT2D eigenvalue weighted by Gasteiger charge is -2.02. The number of hydrogen-bond acceptors (Lipinski definition) is 5. The number of aliphatic hydroxyl groups excluding tert-OH is 5. The summed E-state index contributed by atoms with van der Waals surface area (Å²) in [6, 6.07) is 0. The normalized spacial score (nSPS) is 15.6. The molecule has 1 rings (SSSR count). The van der Waals surface area contributed by atoms with E-state index in [0.717, 1.165) is 0 Å². The summed E-state index contributed by atoms with van der Waals surface area (Å²) in [6.07, 6.45) is 25.5. The lowest BCUT2D eigenvalue weighted by molar-refractivity contribution is 0.318. The first kappa shape index (κ1) is 42.0. The summed E-state index contributed by atoms with van der Waals surface area (Å²) < 4.78 is 0. The Hall–Kier alpha value is -0.200. The van der Waals surface area contributed by atoms with E-state index < -0.39 is 0 Å². The zero-order valence-corrected chi connectivity index (χ0v) is 22.8. The van der Waals surface area contributed by atoms with Crippen LogP contribution in [0.2, 0.25) is 0 Å². The highest BCUT2D eigenvalue weighted by molar-refractivity contribution is 4.52. The Kier molecular flexibility index (Phi) is 75.5. The summed E-state index contributed by atoms with van der Waals surface area (Å²) in [7, 11) is 0. The first-order valence-corrected chi connectivity index (χ1v) is 13.6. The van der Waals surface area contributed by atoms with Crippen molar-refractivity contribution in [2.75, 3.05) is 33.0 Å². The third-order valence-corrected chi connectivity index (χ3v) is 4.25. The Morgan fingerprint density at radius 2 is 0.281 bits per heavy atom. The minimum Gasteiger partial charge on any atom is -0.397 e. The average Bonchev–Trinajstić information content (AvgIpc) is 2.75. The van der Waals surface area contributed by atoms with E-state index in [0.29, 0.717) is 0 Å². The van der Waals surface area contributed by atoms with Gasteiger partial charge in [-0.2, -0.15) is 0 Å². The standard InChI is InChI=1S/C17H34.5C2H6O/c1-2-4-6-8-10-12-14-16-17-15-13-11-9-7-5-3-1;5*1-2-3/h1-17H2;5*3H,2H2,1H3. The molecule has 0 spiro atoms. The van der Waals surface area contributed by atoms with Gasteiger partial charge in [-0.3, -0.25) is 0 Å². The van der Waals surface area contributed by atoms with Crippen LogP contribution in [0.15, 0.2) is 0 Å². The first-order chi connectivity index (χ1) is 15.6. The van der Waals surface area contributed by atoms with Crippen molar-refractivity contribution < 1.29 is 25.5 Å². The van der Waals surface area contributed by atoms with Crippen molar-refractivity contribution in [1.82, 2.24) is 0 Å². The molecule has 0 unspecified atom stereocenters. The Labute approximate surface area is 202 Å². The van der Waals surface area contributed by atoms with Gasteiger partial charge in [-0.05, 0) is 34.6 Å². The molecule has 0 atom stereocenters. The van der Waals surface area contributed by atoms with Crippen LogP contribution in [0.3, 0.4) is 0 Å². The van der Waals surface area contributed by atoms with Gasteiger partial charge in [0.2, 0.25) is 0 Å². The van der Waals surface area contributed by atoms with Crippen molar-refractivity contribution in [3.05, 3.63) is 0 Å². The molecule has 0 heterocycles. The van der Waals surface area contributed by atoms with Crippen LogP contribution in [-0.2, 0) is 0 Å². The van der Waals surface area contributed by atoms with E-state index in [4.69, 9.17) is 25.5 Å². The Balaban J connectivity index is -0.000000133. The van der Waals surface area contributed by atoms with Crippen LogP contribution < -0.4 is 0 Å². The fourth-order valence-corrected chi connectivity index (χ4v) is 3.01. The van der Waals surface area contributed by atoms with Gasteiger partial charge in [-0.25, -0.2) is 0 Å². The molecular weight excluding hydrogens is 404 g/mol. The Morgan fingerprint density at radius 1 is 0.250 bits per heavy atom. The van der Waals surface area contributed by atoms with Gasteiger partial charge in [0.25, 0.3) is 0 Å². The molecule has 1 saturated carbocycles. The molecule has 5 heteroatoms. The van der Waals surface area contributed by atoms with Crippen molar-refractivity contribution in [3.8, 4) is 0 Å². The largest absolute Gasteiger partial charge is 0.397 e. The van der Waals surface area contributed by atoms with E-state index in [1.165, 1.54) is 109 Å². The first-order valence-electron chi connectivity index (χ1n) is 13.6. The fraction of sp³-hybridized carbons (Fsp3) is 1.00. The molecule has 5 nitrogen and oxygen atoms in total. The summed E-state index contributed by atoms with van der Waals surface area (Å²) >= 11 is 0. The lowest BCUT2D eigenvalue weighted by atomic mass is 10.0. The van der Waals surface area contributed by atoms with Crippen LogP contribution >= 0.6 is 0 Å². The van der Waals surface area contributed by atoms with E-state index in [-0.39, 0.29) is 33.0 Å². The van der Waals surface area contributed by atoms with Crippen molar-refractivity contribution in [3.63, 3.8) is 0 Å². The van der Waals surface area contributed by atoms with E-state index >= 15 is 0 Å². The van der Waals surface area contributed by atoms with Gasteiger partial charge in [0.05, 0.1) is 0 Å². The van der Waals surface area contributed by atoms with Gasteiger partial charge in [0.1, 0.15) is 0 Å². The number of hydrogen-bond donors (Lipinski definition) is 5. The highest BCUT2D eigenvalue weighted by Crippen LogP contribution is 2.16. The molecule has 202 valence electrons. The Bertz CT molecular complexity index is 135. The van der Waals surface area contributed by atoms with Crippen LogP contribution in [0.25, 0.3) is 0 Å². The van der Waals surface area contributed by atoms with Crippen molar-refractivity contribution in [2.45, 2.75) is 144 Å². The average molecular weight is 469 g/mol. The highest BCUT2D eigenvalue weighted by Gasteiger charge is 1.96. The van der Waals surface area contributed by atoms with Crippen LogP contribution in [0.1, 0.15) is 144 Å². The molecule has 0 aliphatic heterocycles. The van der Waals surface area contributed by atoms with Crippen LogP contribution in [-0.4, -0.2) is 58.6 Å². The molecule has 0 aromatic carbocycles. The Morgan fingerprint density at radius 3 is 0.312 bits per heavy atom. The molecule has 1 fully saturated rings. The second-order valence-corrected chi connectivity index (χ2v) is 7.59. The third-order valence-electron chi connectivity index (χ3n) is 4.25. The minimum absolute atomic E-state index is 0.250. The number of rotatable bonds is 0. The van der Waals surface area contributed by atoms with E-state index in [9.17, 15) is 0 Å². The fourth-order valence-electron chi connectivity index (χ4n) is 3.01. The zero-order chi connectivity index (χ0) is 25.6. The lowest BCUT2D eigenvalue weighted by Crippen LogP contribution is -1.82. The third kappa shape index (κ3) is 87.6. The van der Waals surface area contributed by atoms with Gasteiger partial charge in [-0.15, -0.1) is 0 Å². The summed E-state index contributed by atoms with van der Waals surface area (Å²) in [4.78, 5) is 0. The second-order valence-electron chi connectivity index (χ2n) is 7.59. The summed E-state index contributed by atoms with van der Waals surface area (Å²) in [6.45, 7) is 9.65. The molecule has 0 amide bonds. The molecule has 5 N–H and O–H groups in total.